The second-order valence-corrected chi connectivity index (χ2v) is 10.3. The van der Waals surface area contributed by atoms with Gasteiger partial charge in [-0.3, -0.25) is 4.90 Å². The number of hydrogen-bond acceptors (Lipinski definition) is 6. The molecule has 1 saturated heterocycles. The summed E-state index contributed by atoms with van der Waals surface area (Å²) in [6.07, 6.45) is -6.45. The summed E-state index contributed by atoms with van der Waals surface area (Å²) < 4.78 is 97.1. The van der Waals surface area contributed by atoms with Gasteiger partial charge in [-0.2, -0.15) is 31.3 Å². The van der Waals surface area contributed by atoms with Gasteiger partial charge < -0.3 is 14.0 Å². The molecule has 2 aromatic carbocycles. The van der Waals surface area contributed by atoms with Gasteiger partial charge in [0.2, 0.25) is 11.7 Å². The second-order valence-electron chi connectivity index (χ2n) is 10.3. The Hall–Kier alpha value is -4.03. The van der Waals surface area contributed by atoms with Crippen LogP contribution in [0.3, 0.4) is 0 Å². The van der Waals surface area contributed by atoms with E-state index < -0.39 is 53.6 Å². The average Bonchev–Trinajstić information content (AvgIpc) is 3.55. The van der Waals surface area contributed by atoms with Crippen molar-refractivity contribution >= 4 is 12.2 Å². The number of nitrogens with zero attached hydrogens (tertiary/aromatic N) is 3. The van der Waals surface area contributed by atoms with Gasteiger partial charge in [-0.15, -0.1) is 0 Å². The molecule has 0 radical (unpaired) electrons. The third-order valence-electron chi connectivity index (χ3n) is 6.05. The van der Waals surface area contributed by atoms with Crippen LogP contribution in [0.5, 0.6) is 5.75 Å². The zero-order valence-corrected chi connectivity index (χ0v) is 22.3. The molecule has 1 aliphatic heterocycles. The summed E-state index contributed by atoms with van der Waals surface area (Å²) in [5.41, 5.74) is -2.86. The highest BCUT2D eigenvalue weighted by Gasteiger charge is 2.38. The number of halogens is 6. The van der Waals surface area contributed by atoms with Gasteiger partial charge in [0.05, 0.1) is 11.1 Å². The Morgan fingerprint density at radius 3 is 2.44 bits per heavy atom. The second kappa shape index (κ2) is 11.5. The average molecular weight is 584 g/mol. The highest BCUT2D eigenvalue weighted by Crippen LogP contribution is 2.39. The summed E-state index contributed by atoms with van der Waals surface area (Å²) in [4.78, 5) is 18.3. The number of ether oxygens (including phenoxy) is 2. The Bertz CT molecular complexity index is 1410. The third-order valence-corrected chi connectivity index (χ3v) is 6.05. The Morgan fingerprint density at radius 1 is 1.05 bits per heavy atom. The van der Waals surface area contributed by atoms with Crippen LogP contribution in [0.1, 0.15) is 62.2 Å². The maximum atomic E-state index is 13.9. The van der Waals surface area contributed by atoms with Crippen molar-refractivity contribution in [2.75, 3.05) is 13.2 Å². The van der Waals surface area contributed by atoms with Crippen molar-refractivity contribution in [2.24, 2.45) is 0 Å². The van der Waals surface area contributed by atoms with Gasteiger partial charge in [0, 0.05) is 12.1 Å². The van der Waals surface area contributed by atoms with E-state index >= 15 is 0 Å². The van der Waals surface area contributed by atoms with E-state index in [1.807, 2.05) is 0 Å². The summed E-state index contributed by atoms with van der Waals surface area (Å²) in [7, 11) is 0. The van der Waals surface area contributed by atoms with Crippen LogP contribution in [0.25, 0.3) is 17.5 Å². The van der Waals surface area contributed by atoms with Crippen LogP contribution in [0, 0.1) is 0 Å². The molecule has 7 nitrogen and oxygen atoms in total. The summed E-state index contributed by atoms with van der Waals surface area (Å²) in [6, 6.07) is 7.42. The lowest BCUT2D eigenvalue weighted by molar-refractivity contribution is -0.139. The standard InChI is InChI=1S/C28H27F6N3O4/c1-26(2,3)40-25(38)37-14-6-11-21(37)24-35-23(36-41-24)18-12-13-22(20(16-18)28(32,33)34)39-15-7-9-17-8-4-5-10-19(17)27(29,30)31/h4-5,7-10,12-13,16,21H,6,11,14-15H2,1-3H3/b9-7+/t21-/m0/s1. The smallest absolute Gasteiger partial charge is 0.419 e. The number of aromatic nitrogens is 2. The van der Waals surface area contributed by atoms with E-state index in [9.17, 15) is 31.1 Å². The van der Waals surface area contributed by atoms with E-state index in [2.05, 4.69) is 10.1 Å². The van der Waals surface area contributed by atoms with Crippen LogP contribution in [-0.2, 0) is 17.1 Å². The number of amides is 1. The lowest BCUT2D eigenvalue weighted by Gasteiger charge is -2.26. The van der Waals surface area contributed by atoms with Crippen LogP contribution >= 0.6 is 0 Å². The van der Waals surface area contributed by atoms with E-state index in [1.165, 1.54) is 35.2 Å². The maximum Gasteiger partial charge on any atom is 0.419 e. The van der Waals surface area contributed by atoms with Crippen molar-refractivity contribution in [3.63, 3.8) is 0 Å². The van der Waals surface area contributed by atoms with Gasteiger partial charge in [0.1, 0.15) is 24.0 Å². The molecule has 2 heterocycles. The zero-order chi connectivity index (χ0) is 30.0. The fourth-order valence-electron chi connectivity index (χ4n) is 4.28. The Morgan fingerprint density at radius 2 is 1.76 bits per heavy atom. The van der Waals surface area contributed by atoms with Gasteiger partial charge in [-0.05, 0) is 69.5 Å². The van der Waals surface area contributed by atoms with Gasteiger partial charge >= 0.3 is 18.4 Å². The molecule has 0 saturated carbocycles. The Labute approximate surface area is 231 Å². The molecule has 1 fully saturated rings. The minimum Gasteiger partial charge on any atom is -0.489 e. The lowest BCUT2D eigenvalue weighted by atomic mass is 10.1. The largest absolute Gasteiger partial charge is 0.489 e. The first kappa shape index (κ1) is 29.9. The number of rotatable bonds is 6. The molecule has 220 valence electrons. The van der Waals surface area contributed by atoms with Crippen LogP contribution in [-0.4, -0.2) is 39.9 Å². The van der Waals surface area contributed by atoms with E-state index in [0.717, 1.165) is 24.3 Å². The van der Waals surface area contributed by atoms with E-state index in [4.69, 9.17) is 14.0 Å². The van der Waals surface area contributed by atoms with Crippen LogP contribution < -0.4 is 4.74 Å². The highest BCUT2D eigenvalue weighted by atomic mass is 19.4. The van der Waals surface area contributed by atoms with Crippen LogP contribution in [0.15, 0.2) is 53.1 Å². The predicted octanol–water partition coefficient (Wildman–Crippen LogP) is 7.94. The summed E-state index contributed by atoms with van der Waals surface area (Å²) in [5, 5.41) is 3.81. The first-order valence-electron chi connectivity index (χ1n) is 12.6. The van der Waals surface area contributed by atoms with Crippen LogP contribution in [0.2, 0.25) is 0 Å². The molecule has 13 heteroatoms. The molecule has 41 heavy (non-hydrogen) atoms. The SMILES string of the molecule is CC(C)(C)OC(=O)N1CCC[C@H]1c1nc(-c2ccc(OC/C=C/c3ccccc3C(F)(F)F)c(C(F)(F)F)c2)no1. The monoisotopic (exact) mass is 583 g/mol. The normalized spacial score (nSPS) is 16.4. The summed E-state index contributed by atoms with van der Waals surface area (Å²) >= 11 is 0. The Balaban J connectivity index is 1.51. The van der Waals surface area contributed by atoms with Crippen molar-refractivity contribution in [1.82, 2.24) is 15.0 Å². The lowest BCUT2D eigenvalue weighted by Crippen LogP contribution is -2.36. The molecule has 0 spiro atoms. The topological polar surface area (TPSA) is 77.7 Å². The van der Waals surface area contributed by atoms with Crippen molar-refractivity contribution in [2.45, 2.75) is 57.6 Å². The van der Waals surface area contributed by atoms with Crippen molar-refractivity contribution in [3.05, 3.63) is 71.1 Å². The molecular formula is C28H27F6N3O4. The number of hydrogen-bond donors (Lipinski definition) is 0. The molecule has 3 aromatic rings. The van der Waals surface area contributed by atoms with Crippen molar-refractivity contribution in [3.8, 4) is 17.1 Å². The van der Waals surface area contributed by atoms with Gasteiger partial charge in [-0.25, -0.2) is 4.79 Å². The molecular weight excluding hydrogens is 556 g/mol. The zero-order valence-electron chi connectivity index (χ0n) is 22.3. The molecule has 0 bridgehead atoms. The number of carbonyl (C=O) groups is 1. The number of benzene rings is 2. The number of carbonyl (C=O) groups excluding carboxylic acids is 1. The maximum absolute atomic E-state index is 13.9. The third kappa shape index (κ3) is 7.39. The first-order valence-corrected chi connectivity index (χ1v) is 12.6. The van der Waals surface area contributed by atoms with Gasteiger partial charge in [0.15, 0.2) is 0 Å². The predicted molar refractivity (Wildman–Crippen MR) is 136 cm³/mol. The van der Waals surface area contributed by atoms with Gasteiger partial charge in [0.25, 0.3) is 0 Å². The van der Waals surface area contributed by atoms with Gasteiger partial charge in [-0.1, -0.05) is 29.4 Å². The summed E-state index contributed by atoms with van der Waals surface area (Å²) in [6.45, 7) is 5.18. The minimum atomic E-state index is -4.82. The molecule has 0 aliphatic carbocycles. The van der Waals surface area contributed by atoms with E-state index in [0.29, 0.717) is 19.4 Å². The fourth-order valence-corrected chi connectivity index (χ4v) is 4.28. The molecule has 1 amide bonds. The fraction of sp³-hybridized carbons (Fsp3) is 0.393. The quantitative estimate of drug-likeness (QED) is 0.274. The summed E-state index contributed by atoms with van der Waals surface area (Å²) in [5.74, 6) is -0.566. The van der Waals surface area contributed by atoms with E-state index in [-0.39, 0.29) is 22.8 Å². The molecule has 1 atom stereocenters. The molecule has 1 aromatic heterocycles. The van der Waals surface area contributed by atoms with Crippen molar-refractivity contribution < 1.29 is 45.1 Å². The molecule has 0 N–H and O–H groups in total. The molecule has 1 aliphatic rings. The van der Waals surface area contributed by atoms with Crippen LogP contribution in [0.4, 0.5) is 31.1 Å². The minimum absolute atomic E-state index is 0.00358. The molecule has 0 unspecified atom stereocenters. The highest BCUT2D eigenvalue weighted by molar-refractivity contribution is 5.69. The van der Waals surface area contributed by atoms with Crippen molar-refractivity contribution in [1.29, 1.82) is 0 Å². The van der Waals surface area contributed by atoms with E-state index in [1.54, 1.807) is 20.8 Å². The molecule has 4 rings (SSSR count). The number of likely N-dealkylation sites (tertiary alicyclic amines) is 1. The Kier molecular flexibility index (Phi) is 8.36. The first-order chi connectivity index (χ1) is 19.1. The number of alkyl halides is 6.